The molecule has 144 valence electrons. The second kappa shape index (κ2) is 11.3. The maximum absolute atomic E-state index is 12.0. The first kappa shape index (κ1) is 23.4. The minimum atomic E-state index is -3.45. The first-order valence-electron chi connectivity index (χ1n) is 7.34. The molecule has 0 aliphatic rings. The van der Waals surface area contributed by atoms with Gasteiger partial charge in [0.05, 0.1) is 0 Å². The monoisotopic (exact) mass is 548 g/mol. The van der Waals surface area contributed by atoms with Gasteiger partial charge in [0, 0.05) is 36.7 Å². The molecule has 0 saturated heterocycles. The summed E-state index contributed by atoms with van der Waals surface area (Å²) in [6.45, 7) is 1.10. The summed E-state index contributed by atoms with van der Waals surface area (Å²) >= 11 is 13.2. The van der Waals surface area contributed by atoms with E-state index < -0.39 is 10.0 Å². The largest absolute Gasteiger partial charge is 0.355 e. The van der Waals surface area contributed by atoms with Crippen molar-refractivity contribution >= 4 is 74.5 Å². The Kier molecular flexibility index (Phi) is 10.2. The Hall–Kier alpha value is -0.590. The van der Waals surface area contributed by atoms with Gasteiger partial charge in [-0.2, -0.15) is 0 Å². The van der Waals surface area contributed by atoms with Crippen molar-refractivity contribution in [3.63, 3.8) is 0 Å². The van der Waals surface area contributed by atoms with Gasteiger partial charge in [0.2, 0.25) is 10.0 Å². The van der Waals surface area contributed by atoms with E-state index in [0.29, 0.717) is 33.3 Å². The molecule has 3 N–H and O–H groups in total. The number of benzene rings is 1. The number of sulfonamides is 1. The molecule has 6 nitrogen and oxygen atoms in total. The van der Waals surface area contributed by atoms with Crippen LogP contribution in [-0.2, 0) is 16.6 Å². The van der Waals surface area contributed by atoms with E-state index in [-0.39, 0.29) is 30.5 Å². The average Bonchev–Trinajstić information content (AvgIpc) is 3.11. The number of aliphatic imine (C=N–C) groups is 1. The van der Waals surface area contributed by atoms with Gasteiger partial charge in [-0.1, -0.05) is 35.3 Å². The lowest BCUT2D eigenvalue weighted by atomic mass is 10.2. The van der Waals surface area contributed by atoms with Crippen molar-refractivity contribution in [3.8, 4) is 0 Å². The van der Waals surface area contributed by atoms with E-state index in [1.807, 2.05) is 6.07 Å². The van der Waals surface area contributed by atoms with Crippen LogP contribution in [0.1, 0.15) is 5.56 Å². The third-order valence-electron chi connectivity index (χ3n) is 3.15. The summed E-state index contributed by atoms with van der Waals surface area (Å²) in [4.78, 5) is 4.08. The van der Waals surface area contributed by atoms with Gasteiger partial charge < -0.3 is 10.6 Å². The Labute approximate surface area is 184 Å². The van der Waals surface area contributed by atoms with Crippen LogP contribution in [0, 0.1) is 0 Å². The molecular formula is C15H19Cl2IN4O2S2. The summed E-state index contributed by atoms with van der Waals surface area (Å²) in [5.74, 6) is 0.543. The van der Waals surface area contributed by atoms with Crippen LogP contribution in [-0.4, -0.2) is 34.5 Å². The highest BCUT2D eigenvalue weighted by Crippen LogP contribution is 2.20. The molecule has 2 aromatic rings. The Morgan fingerprint density at radius 3 is 2.58 bits per heavy atom. The number of nitrogens with one attached hydrogen (secondary N) is 3. The SMILES string of the molecule is CN=C(NCCNS(=O)(=O)c1cccs1)NCc1ccc(Cl)cc1Cl.I. The molecule has 0 spiro atoms. The van der Waals surface area contributed by atoms with Crippen molar-refractivity contribution in [2.45, 2.75) is 10.8 Å². The highest BCUT2D eigenvalue weighted by Gasteiger charge is 2.13. The quantitative estimate of drug-likeness (QED) is 0.214. The number of rotatable bonds is 7. The van der Waals surface area contributed by atoms with Gasteiger partial charge in [-0.3, -0.25) is 4.99 Å². The van der Waals surface area contributed by atoms with E-state index in [0.717, 1.165) is 5.56 Å². The lowest BCUT2D eigenvalue weighted by Crippen LogP contribution is -2.41. The van der Waals surface area contributed by atoms with Crippen LogP contribution in [0.2, 0.25) is 10.0 Å². The van der Waals surface area contributed by atoms with Crippen LogP contribution < -0.4 is 15.4 Å². The fourth-order valence-corrected chi connectivity index (χ4v) is 4.46. The third kappa shape index (κ3) is 7.20. The fourth-order valence-electron chi connectivity index (χ4n) is 1.92. The first-order chi connectivity index (χ1) is 11.9. The zero-order valence-corrected chi connectivity index (χ0v) is 19.3. The molecule has 0 aliphatic carbocycles. The Morgan fingerprint density at radius 2 is 1.96 bits per heavy atom. The van der Waals surface area contributed by atoms with Crippen LogP contribution in [0.4, 0.5) is 0 Å². The number of halogens is 3. The Balaban J connectivity index is 0.00000338. The summed E-state index contributed by atoms with van der Waals surface area (Å²) in [7, 11) is -1.81. The van der Waals surface area contributed by atoms with Crippen LogP contribution in [0.15, 0.2) is 44.9 Å². The minimum absolute atomic E-state index is 0. The van der Waals surface area contributed by atoms with Gasteiger partial charge >= 0.3 is 0 Å². The first-order valence-corrected chi connectivity index (χ1v) is 10.5. The molecular weight excluding hydrogens is 530 g/mol. The van der Waals surface area contributed by atoms with Gasteiger partial charge in [-0.25, -0.2) is 13.1 Å². The maximum Gasteiger partial charge on any atom is 0.250 e. The molecule has 0 saturated carbocycles. The fraction of sp³-hybridized carbons (Fsp3) is 0.267. The predicted octanol–water partition coefficient (Wildman–Crippen LogP) is 3.32. The van der Waals surface area contributed by atoms with Gasteiger partial charge in [0.15, 0.2) is 5.96 Å². The number of nitrogens with zero attached hydrogens (tertiary/aromatic N) is 1. The van der Waals surface area contributed by atoms with Crippen LogP contribution in [0.5, 0.6) is 0 Å². The van der Waals surface area contributed by atoms with E-state index >= 15 is 0 Å². The molecule has 0 atom stereocenters. The molecule has 0 bridgehead atoms. The zero-order chi connectivity index (χ0) is 18.3. The lowest BCUT2D eigenvalue weighted by Gasteiger charge is -2.13. The second-order valence-electron chi connectivity index (χ2n) is 4.92. The summed E-state index contributed by atoms with van der Waals surface area (Å²) < 4.78 is 26.8. The Morgan fingerprint density at radius 1 is 1.19 bits per heavy atom. The van der Waals surface area contributed by atoms with Crippen molar-refractivity contribution in [1.29, 1.82) is 0 Å². The number of thiophene rings is 1. The maximum atomic E-state index is 12.0. The van der Waals surface area contributed by atoms with Crippen LogP contribution >= 0.6 is 58.5 Å². The van der Waals surface area contributed by atoms with E-state index in [1.165, 1.54) is 11.3 Å². The molecule has 1 aromatic heterocycles. The highest BCUT2D eigenvalue weighted by atomic mass is 127. The van der Waals surface area contributed by atoms with Gasteiger partial charge in [-0.15, -0.1) is 35.3 Å². The molecule has 0 amide bonds. The van der Waals surface area contributed by atoms with E-state index in [9.17, 15) is 8.42 Å². The average molecular weight is 549 g/mol. The predicted molar refractivity (Wildman–Crippen MR) is 120 cm³/mol. The van der Waals surface area contributed by atoms with Crippen LogP contribution in [0.3, 0.4) is 0 Å². The third-order valence-corrected chi connectivity index (χ3v) is 6.60. The standard InChI is InChI=1S/C15H18Cl2N4O2S2.HI/c1-18-15(20-10-11-4-5-12(16)9-13(11)17)19-6-7-21-25(22,23)14-3-2-8-24-14;/h2-5,8-9,21H,6-7,10H2,1H3,(H2,18,19,20);1H. The highest BCUT2D eigenvalue weighted by molar-refractivity contribution is 14.0. The lowest BCUT2D eigenvalue weighted by molar-refractivity contribution is 0.582. The summed E-state index contributed by atoms with van der Waals surface area (Å²) in [6.07, 6.45) is 0. The molecule has 11 heteroatoms. The number of guanidine groups is 1. The van der Waals surface area contributed by atoms with E-state index in [2.05, 4.69) is 20.3 Å². The number of hydrogen-bond acceptors (Lipinski definition) is 4. The van der Waals surface area contributed by atoms with Crippen molar-refractivity contribution in [3.05, 3.63) is 51.3 Å². The smallest absolute Gasteiger partial charge is 0.250 e. The summed E-state index contributed by atoms with van der Waals surface area (Å²) in [5.41, 5.74) is 0.882. The molecule has 0 aliphatic heterocycles. The second-order valence-corrected chi connectivity index (χ2v) is 8.70. The van der Waals surface area contributed by atoms with Crippen molar-refractivity contribution in [1.82, 2.24) is 15.4 Å². The molecule has 26 heavy (non-hydrogen) atoms. The van der Waals surface area contributed by atoms with Crippen molar-refractivity contribution < 1.29 is 8.42 Å². The summed E-state index contributed by atoms with van der Waals surface area (Å²) in [6, 6.07) is 8.54. The number of hydrogen-bond donors (Lipinski definition) is 3. The van der Waals surface area contributed by atoms with E-state index in [4.69, 9.17) is 23.2 Å². The van der Waals surface area contributed by atoms with Gasteiger partial charge in [0.1, 0.15) is 4.21 Å². The normalized spacial score (nSPS) is 11.7. The molecule has 0 unspecified atom stereocenters. The molecule has 0 radical (unpaired) electrons. The molecule has 1 aromatic carbocycles. The molecule has 2 rings (SSSR count). The summed E-state index contributed by atoms with van der Waals surface area (Å²) in [5, 5.41) is 9.01. The van der Waals surface area contributed by atoms with Crippen molar-refractivity contribution in [2.24, 2.45) is 4.99 Å². The Bertz CT molecular complexity index is 830. The van der Waals surface area contributed by atoms with Crippen LogP contribution in [0.25, 0.3) is 0 Å². The van der Waals surface area contributed by atoms with Crippen molar-refractivity contribution in [2.75, 3.05) is 20.1 Å². The molecule has 1 heterocycles. The van der Waals surface area contributed by atoms with Gasteiger partial charge in [-0.05, 0) is 29.1 Å². The van der Waals surface area contributed by atoms with E-state index in [1.54, 1.807) is 36.7 Å². The molecule has 0 fully saturated rings. The zero-order valence-electron chi connectivity index (χ0n) is 13.8. The van der Waals surface area contributed by atoms with Gasteiger partial charge in [0.25, 0.3) is 0 Å². The topological polar surface area (TPSA) is 82.6 Å². The minimum Gasteiger partial charge on any atom is -0.355 e.